The van der Waals surface area contributed by atoms with E-state index < -0.39 is 0 Å². The Labute approximate surface area is 53.9 Å². The molecule has 0 aromatic carbocycles. The molecule has 0 aliphatic rings. The highest BCUT2D eigenvalue weighted by Gasteiger charge is 2.01. The van der Waals surface area contributed by atoms with Gasteiger partial charge in [0.2, 0.25) is 0 Å². The van der Waals surface area contributed by atoms with Crippen molar-refractivity contribution in [3.05, 3.63) is 23.3 Å². The SMILES string of the molecule is CCc1[nH]cc(F)c1C. The second-order valence-electron chi connectivity index (χ2n) is 2.09. The Kier molecular flexibility index (Phi) is 1.56. The van der Waals surface area contributed by atoms with Crippen LogP contribution in [0.2, 0.25) is 0 Å². The normalized spacial score (nSPS) is 10.1. The van der Waals surface area contributed by atoms with Crippen LogP contribution in [0.3, 0.4) is 0 Å². The first-order valence-electron chi connectivity index (χ1n) is 3.08. The average Bonchev–Trinajstić information content (AvgIpc) is 2.15. The van der Waals surface area contributed by atoms with E-state index in [4.69, 9.17) is 0 Å². The summed E-state index contributed by atoms with van der Waals surface area (Å²) in [5.74, 6) is -0.133. The Balaban J connectivity index is 3.04. The summed E-state index contributed by atoms with van der Waals surface area (Å²) >= 11 is 0. The lowest BCUT2D eigenvalue weighted by Crippen LogP contribution is -1.82. The van der Waals surface area contributed by atoms with Crippen molar-refractivity contribution >= 4 is 0 Å². The van der Waals surface area contributed by atoms with Gasteiger partial charge in [-0.2, -0.15) is 0 Å². The largest absolute Gasteiger partial charge is 0.362 e. The van der Waals surface area contributed by atoms with Crippen molar-refractivity contribution in [3.8, 4) is 0 Å². The Hall–Kier alpha value is -0.790. The summed E-state index contributed by atoms with van der Waals surface area (Å²) in [6, 6.07) is 0. The van der Waals surface area contributed by atoms with Gasteiger partial charge in [-0.15, -0.1) is 0 Å². The number of nitrogens with one attached hydrogen (secondary N) is 1. The molecule has 0 spiro atoms. The van der Waals surface area contributed by atoms with Gasteiger partial charge in [-0.25, -0.2) is 4.39 Å². The molecular weight excluding hydrogens is 117 g/mol. The molecule has 9 heavy (non-hydrogen) atoms. The van der Waals surface area contributed by atoms with E-state index in [2.05, 4.69) is 4.98 Å². The molecule has 0 atom stereocenters. The summed E-state index contributed by atoms with van der Waals surface area (Å²) in [6.45, 7) is 3.78. The minimum Gasteiger partial charge on any atom is -0.362 e. The zero-order chi connectivity index (χ0) is 6.85. The molecule has 1 rings (SSSR count). The fourth-order valence-corrected chi connectivity index (χ4v) is 0.878. The quantitative estimate of drug-likeness (QED) is 0.594. The number of hydrogen-bond acceptors (Lipinski definition) is 0. The highest BCUT2D eigenvalue weighted by molar-refractivity contribution is 5.20. The zero-order valence-electron chi connectivity index (χ0n) is 5.66. The molecule has 1 nitrogen and oxygen atoms in total. The van der Waals surface area contributed by atoms with Gasteiger partial charge in [-0.1, -0.05) is 6.92 Å². The van der Waals surface area contributed by atoms with Gasteiger partial charge < -0.3 is 4.98 Å². The van der Waals surface area contributed by atoms with Gasteiger partial charge in [0, 0.05) is 17.5 Å². The van der Waals surface area contributed by atoms with Crippen LogP contribution >= 0.6 is 0 Å². The van der Waals surface area contributed by atoms with Crippen LogP contribution in [-0.2, 0) is 6.42 Å². The Bertz CT molecular complexity index is 203. The summed E-state index contributed by atoms with van der Waals surface area (Å²) in [7, 11) is 0. The van der Waals surface area contributed by atoms with E-state index in [1.165, 1.54) is 6.20 Å². The number of H-pyrrole nitrogens is 1. The summed E-state index contributed by atoms with van der Waals surface area (Å²) in [5.41, 5.74) is 1.74. The third kappa shape index (κ3) is 0.969. The van der Waals surface area contributed by atoms with E-state index in [0.717, 1.165) is 17.7 Å². The minimum atomic E-state index is -0.133. The second kappa shape index (κ2) is 2.21. The van der Waals surface area contributed by atoms with Gasteiger partial charge >= 0.3 is 0 Å². The number of rotatable bonds is 1. The van der Waals surface area contributed by atoms with Crippen molar-refractivity contribution < 1.29 is 4.39 Å². The molecule has 1 aromatic heterocycles. The Morgan fingerprint density at radius 1 is 1.67 bits per heavy atom. The molecule has 1 heterocycles. The summed E-state index contributed by atoms with van der Waals surface area (Å²) in [5, 5.41) is 0. The monoisotopic (exact) mass is 127 g/mol. The molecule has 0 saturated carbocycles. The molecule has 1 N–H and O–H groups in total. The maximum atomic E-state index is 12.5. The van der Waals surface area contributed by atoms with E-state index in [1.54, 1.807) is 6.92 Å². The molecule has 0 fully saturated rings. The lowest BCUT2D eigenvalue weighted by molar-refractivity contribution is 0.621. The molecule has 0 bridgehead atoms. The van der Waals surface area contributed by atoms with E-state index in [1.807, 2.05) is 6.92 Å². The summed E-state index contributed by atoms with van der Waals surface area (Å²) < 4.78 is 12.5. The lowest BCUT2D eigenvalue weighted by atomic mass is 10.2. The van der Waals surface area contributed by atoms with Gasteiger partial charge in [-0.05, 0) is 13.3 Å². The molecule has 0 aliphatic carbocycles. The van der Waals surface area contributed by atoms with Crippen LogP contribution in [0.5, 0.6) is 0 Å². The van der Waals surface area contributed by atoms with Crippen molar-refractivity contribution in [2.45, 2.75) is 20.3 Å². The van der Waals surface area contributed by atoms with Gasteiger partial charge in [0.05, 0.1) is 0 Å². The molecule has 2 heteroatoms. The van der Waals surface area contributed by atoms with E-state index >= 15 is 0 Å². The molecule has 0 unspecified atom stereocenters. The molecule has 0 radical (unpaired) electrons. The Morgan fingerprint density at radius 3 is 2.56 bits per heavy atom. The molecular formula is C7H10FN. The lowest BCUT2D eigenvalue weighted by Gasteiger charge is -1.90. The van der Waals surface area contributed by atoms with Crippen LogP contribution in [0.15, 0.2) is 6.20 Å². The third-order valence-electron chi connectivity index (χ3n) is 1.54. The number of aromatic nitrogens is 1. The smallest absolute Gasteiger partial charge is 0.143 e. The molecule has 50 valence electrons. The fraction of sp³-hybridized carbons (Fsp3) is 0.429. The number of aromatic amines is 1. The maximum absolute atomic E-state index is 12.5. The predicted molar refractivity (Wildman–Crippen MR) is 34.9 cm³/mol. The Morgan fingerprint density at radius 2 is 2.33 bits per heavy atom. The third-order valence-corrected chi connectivity index (χ3v) is 1.54. The standard InChI is InChI=1S/C7H10FN/c1-3-7-5(2)6(8)4-9-7/h4,9H,3H2,1-2H3. The van der Waals surface area contributed by atoms with Gasteiger partial charge in [0.1, 0.15) is 5.82 Å². The van der Waals surface area contributed by atoms with Crippen molar-refractivity contribution in [1.29, 1.82) is 0 Å². The average molecular weight is 127 g/mol. The van der Waals surface area contributed by atoms with Gasteiger partial charge in [0.25, 0.3) is 0 Å². The van der Waals surface area contributed by atoms with Crippen molar-refractivity contribution in [2.75, 3.05) is 0 Å². The first-order chi connectivity index (χ1) is 4.25. The van der Waals surface area contributed by atoms with Crippen molar-refractivity contribution in [1.82, 2.24) is 4.98 Å². The number of hydrogen-bond donors (Lipinski definition) is 1. The van der Waals surface area contributed by atoms with E-state index in [0.29, 0.717) is 0 Å². The molecule has 1 aromatic rings. The molecule has 0 aliphatic heterocycles. The highest BCUT2D eigenvalue weighted by atomic mass is 19.1. The summed E-state index contributed by atoms with van der Waals surface area (Å²) in [6.07, 6.45) is 2.27. The number of aryl methyl sites for hydroxylation is 1. The van der Waals surface area contributed by atoms with Crippen molar-refractivity contribution in [3.63, 3.8) is 0 Å². The van der Waals surface area contributed by atoms with Crippen LogP contribution in [0.25, 0.3) is 0 Å². The highest BCUT2D eigenvalue weighted by Crippen LogP contribution is 2.09. The molecule has 0 saturated heterocycles. The van der Waals surface area contributed by atoms with Crippen LogP contribution in [-0.4, -0.2) is 4.98 Å². The van der Waals surface area contributed by atoms with Crippen LogP contribution in [0.1, 0.15) is 18.2 Å². The first kappa shape index (κ1) is 6.33. The van der Waals surface area contributed by atoms with Gasteiger partial charge in [-0.3, -0.25) is 0 Å². The van der Waals surface area contributed by atoms with Crippen LogP contribution in [0, 0.1) is 12.7 Å². The second-order valence-corrected chi connectivity index (χ2v) is 2.09. The zero-order valence-corrected chi connectivity index (χ0v) is 5.66. The van der Waals surface area contributed by atoms with Crippen molar-refractivity contribution in [2.24, 2.45) is 0 Å². The van der Waals surface area contributed by atoms with Crippen LogP contribution < -0.4 is 0 Å². The fourth-order valence-electron chi connectivity index (χ4n) is 0.878. The topological polar surface area (TPSA) is 15.8 Å². The molecule has 0 amide bonds. The van der Waals surface area contributed by atoms with E-state index in [-0.39, 0.29) is 5.82 Å². The van der Waals surface area contributed by atoms with Gasteiger partial charge in [0.15, 0.2) is 0 Å². The minimum absolute atomic E-state index is 0.133. The predicted octanol–water partition coefficient (Wildman–Crippen LogP) is 2.02. The van der Waals surface area contributed by atoms with Crippen LogP contribution in [0.4, 0.5) is 4.39 Å². The summed E-state index contributed by atoms with van der Waals surface area (Å²) in [4.78, 5) is 2.85. The maximum Gasteiger partial charge on any atom is 0.143 e. The van der Waals surface area contributed by atoms with E-state index in [9.17, 15) is 4.39 Å². The first-order valence-corrected chi connectivity index (χ1v) is 3.08. The number of halogens is 1.